The molecule has 20 heavy (non-hydrogen) atoms. The average Bonchev–Trinajstić information content (AvgIpc) is 2.82. The van der Waals surface area contributed by atoms with E-state index in [-0.39, 0.29) is 0 Å². The van der Waals surface area contributed by atoms with Crippen LogP contribution >= 0.6 is 11.3 Å². The number of aromatic nitrogens is 1. The highest BCUT2D eigenvalue weighted by molar-refractivity contribution is 7.17. The van der Waals surface area contributed by atoms with Gasteiger partial charge in [-0.15, -0.1) is 0 Å². The Bertz CT molecular complexity index is 469. The molecule has 0 aromatic carbocycles. The van der Waals surface area contributed by atoms with E-state index in [2.05, 4.69) is 39.6 Å². The van der Waals surface area contributed by atoms with Gasteiger partial charge in [-0.1, -0.05) is 39.0 Å². The summed E-state index contributed by atoms with van der Waals surface area (Å²) >= 11 is 1.54. The maximum Gasteiger partial charge on any atom is 0.186 e. The van der Waals surface area contributed by atoms with Crippen molar-refractivity contribution in [3.63, 3.8) is 0 Å². The van der Waals surface area contributed by atoms with E-state index in [1.54, 1.807) is 0 Å². The fourth-order valence-corrected chi connectivity index (χ4v) is 3.98. The maximum atomic E-state index is 11.2. The lowest BCUT2D eigenvalue weighted by Crippen LogP contribution is -2.37. The standard InChI is InChI=1S/C16H26N2OS/c1-11(2)14-13(10-19)20-15(17-14)18(5)12-6-8-16(3,4)9-7-12/h10-12H,6-9H2,1-5H3. The summed E-state index contributed by atoms with van der Waals surface area (Å²) in [6.45, 7) is 8.89. The molecule has 0 atom stereocenters. The highest BCUT2D eigenvalue weighted by Gasteiger charge is 2.30. The summed E-state index contributed by atoms with van der Waals surface area (Å²) in [7, 11) is 2.13. The van der Waals surface area contributed by atoms with Crippen LogP contribution in [0, 0.1) is 5.41 Å². The van der Waals surface area contributed by atoms with Gasteiger partial charge in [0.25, 0.3) is 0 Å². The maximum absolute atomic E-state index is 11.2. The Kier molecular flexibility index (Phi) is 4.52. The van der Waals surface area contributed by atoms with E-state index < -0.39 is 0 Å². The van der Waals surface area contributed by atoms with E-state index in [0.29, 0.717) is 17.4 Å². The van der Waals surface area contributed by atoms with Crippen LogP contribution in [0.25, 0.3) is 0 Å². The minimum atomic E-state index is 0.305. The van der Waals surface area contributed by atoms with Crippen LogP contribution in [0.3, 0.4) is 0 Å². The predicted molar refractivity (Wildman–Crippen MR) is 86.0 cm³/mol. The van der Waals surface area contributed by atoms with Gasteiger partial charge in [0, 0.05) is 13.1 Å². The smallest absolute Gasteiger partial charge is 0.186 e. The lowest BCUT2D eigenvalue weighted by Gasteiger charge is -2.38. The molecule has 1 heterocycles. The number of thiazole rings is 1. The van der Waals surface area contributed by atoms with Crippen LogP contribution in [0.15, 0.2) is 0 Å². The van der Waals surface area contributed by atoms with Gasteiger partial charge in [-0.05, 0) is 37.0 Å². The molecule has 0 aliphatic heterocycles. The largest absolute Gasteiger partial charge is 0.348 e. The van der Waals surface area contributed by atoms with Crippen LogP contribution in [-0.2, 0) is 0 Å². The molecule has 0 bridgehead atoms. The molecule has 0 saturated heterocycles. The third-order valence-electron chi connectivity index (χ3n) is 4.48. The highest BCUT2D eigenvalue weighted by Crippen LogP contribution is 2.39. The number of anilines is 1. The first kappa shape index (κ1) is 15.5. The van der Waals surface area contributed by atoms with Crippen molar-refractivity contribution in [3.05, 3.63) is 10.6 Å². The molecule has 2 rings (SSSR count). The Balaban J connectivity index is 2.13. The number of rotatable bonds is 4. The van der Waals surface area contributed by atoms with Gasteiger partial charge in [-0.3, -0.25) is 4.79 Å². The Labute approximate surface area is 126 Å². The van der Waals surface area contributed by atoms with Crippen molar-refractivity contribution in [2.45, 2.75) is 65.3 Å². The number of carbonyl (C=O) groups is 1. The van der Waals surface area contributed by atoms with Crippen molar-refractivity contribution in [2.24, 2.45) is 5.41 Å². The molecule has 0 amide bonds. The van der Waals surface area contributed by atoms with Crippen molar-refractivity contribution in [2.75, 3.05) is 11.9 Å². The van der Waals surface area contributed by atoms with Gasteiger partial charge in [0.1, 0.15) is 0 Å². The van der Waals surface area contributed by atoms with Crippen LogP contribution in [-0.4, -0.2) is 24.4 Å². The molecule has 0 N–H and O–H groups in total. The molecule has 0 radical (unpaired) electrons. The zero-order chi connectivity index (χ0) is 14.9. The fraction of sp³-hybridized carbons (Fsp3) is 0.750. The van der Waals surface area contributed by atoms with E-state index in [1.165, 1.54) is 37.0 Å². The number of hydrogen-bond acceptors (Lipinski definition) is 4. The summed E-state index contributed by atoms with van der Waals surface area (Å²) in [6, 6.07) is 0.564. The fourth-order valence-electron chi connectivity index (χ4n) is 2.91. The molecule has 1 aromatic rings. The van der Waals surface area contributed by atoms with Gasteiger partial charge in [-0.25, -0.2) is 4.98 Å². The normalized spacial score (nSPS) is 19.3. The molecule has 1 fully saturated rings. The Morgan fingerprint density at radius 1 is 1.35 bits per heavy atom. The van der Waals surface area contributed by atoms with Crippen molar-refractivity contribution in [1.82, 2.24) is 4.98 Å². The van der Waals surface area contributed by atoms with Crippen LogP contribution < -0.4 is 4.90 Å². The van der Waals surface area contributed by atoms with Crippen LogP contribution in [0.5, 0.6) is 0 Å². The van der Waals surface area contributed by atoms with Gasteiger partial charge < -0.3 is 4.90 Å². The molecular weight excluding hydrogens is 268 g/mol. The molecule has 3 nitrogen and oxygen atoms in total. The molecule has 0 unspecified atom stereocenters. The summed E-state index contributed by atoms with van der Waals surface area (Å²) in [5.41, 5.74) is 1.43. The van der Waals surface area contributed by atoms with Crippen LogP contribution in [0.2, 0.25) is 0 Å². The zero-order valence-corrected chi connectivity index (χ0v) is 14.1. The summed E-state index contributed by atoms with van der Waals surface area (Å²) in [5.74, 6) is 0.305. The van der Waals surface area contributed by atoms with Crippen molar-refractivity contribution >= 4 is 22.8 Å². The molecule has 1 aromatic heterocycles. The quantitative estimate of drug-likeness (QED) is 0.767. The molecular formula is C16H26N2OS. The molecule has 1 aliphatic carbocycles. The summed E-state index contributed by atoms with van der Waals surface area (Å²) < 4.78 is 0. The van der Waals surface area contributed by atoms with Crippen LogP contribution in [0.1, 0.15) is 74.7 Å². The van der Waals surface area contributed by atoms with E-state index >= 15 is 0 Å². The molecule has 1 saturated carbocycles. The second kappa shape index (κ2) is 5.84. The summed E-state index contributed by atoms with van der Waals surface area (Å²) in [6.07, 6.45) is 5.93. The Morgan fingerprint density at radius 2 is 1.95 bits per heavy atom. The number of aldehydes is 1. The second-order valence-corrected chi connectivity index (χ2v) is 8.03. The van der Waals surface area contributed by atoms with E-state index in [4.69, 9.17) is 4.98 Å². The van der Waals surface area contributed by atoms with Crippen molar-refractivity contribution < 1.29 is 4.79 Å². The number of hydrogen-bond donors (Lipinski definition) is 0. The third-order valence-corrected chi connectivity index (χ3v) is 5.57. The lowest BCUT2D eigenvalue weighted by molar-refractivity contribution is 0.112. The minimum Gasteiger partial charge on any atom is -0.348 e. The molecule has 4 heteroatoms. The van der Waals surface area contributed by atoms with Gasteiger partial charge in [0.15, 0.2) is 11.4 Å². The highest BCUT2D eigenvalue weighted by atomic mass is 32.1. The number of nitrogens with zero attached hydrogens (tertiary/aromatic N) is 2. The lowest BCUT2D eigenvalue weighted by atomic mass is 9.75. The second-order valence-electron chi connectivity index (χ2n) is 7.02. The first-order chi connectivity index (χ1) is 9.34. The third kappa shape index (κ3) is 3.22. The van der Waals surface area contributed by atoms with Gasteiger partial charge in [-0.2, -0.15) is 0 Å². The van der Waals surface area contributed by atoms with Gasteiger partial charge in [0.2, 0.25) is 0 Å². The van der Waals surface area contributed by atoms with Crippen LogP contribution in [0.4, 0.5) is 5.13 Å². The van der Waals surface area contributed by atoms with E-state index in [0.717, 1.165) is 22.0 Å². The monoisotopic (exact) mass is 294 g/mol. The van der Waals surface area contributed by atoms with Crippen molar-refractivity contribution in [1.29, 1.82) is 0 Å². The first-order valence-corrected chi connectivity index (χ1v) is 8.34. The topological polar surface area (TPSA) is 33.2 Å². The minimum absolute atomic E-state index is 0.305. The van der Waals surface area contributed by atoms with Gasteiger partial charge >= 0.3 is 0 Å². The Morgan fingerprint density at radius 3 is 2.40 bits per heavy atom. The average molecular weight is 294 g/mol. The molecule has 112 valence electrons. The Hall–Kier alpha value is -0.900. The summed E-state index contributed by atoms with van der Waals surface area (Å²) in [5, 5.41) is 1.00. The van der Waals surface area contributed by atoms with Crippen molar-refractivity contribution in [3.8, 4) is 0 Å². The SMILES string of the molecule is CC(C)c1nc(N(C)C2CCC(C)(C)CC2)sc1C=O. The van der Waals surface area contributed by atoms with E-state index in [9.17, 15) is 4.79 Å². The van der Waals surface area contributed by atoms with Gasteiger partial charge in [0.05, 0.1) is 10.6 Å². The summed E-state index contributed by atoms with van der Waals surface area (Å²) in [4.78, 5) is 19.0. The molecule has 1 aliphatic rings. The van der Waals surface area contributed by atoms with E-state index in [1.807, 2.05) is 0 Å². The first-order valence-electron chi connectivity index (χ1n) is 7.53. The zero-order valence-electron chi connectivity index (χ0n) is 13.3. The number of carbonyl (C=O) groups excluding carboxylic acids is 1. The predicted octanol–water partition coefficient (Wildman–Crippen LogP) is 4.48. The molecule has 0 spiro atoms.